The number of para-hydroxylation sites is 3. The van der Waals surface area contributed by atoms with Crippen LogP contribution in [0.15, 0.2) is 162 Å². The van der Waals surface area contributed by atoms with Gasteiger partial charge in [0.25, 0.3) is 0 Å². The average molecular weight is 788 g/mol. The Kier molecular flexibility index (Phi) is 8.36. The van der Waals surface area contributed by atoms with Gasteiger partial charge in [-0.1, -0.05) is 160 Å². The summed E-state index contributed by atoms with van der Waals surface area (Å²) in [5, 5.41) is 4.72. The number of nitrogens with zero attached hydrogens (tertiary/aromatic N) is 4. The number of benzene rings is 8. The van der Waals surface area contributed by atoms with E-state index in [1.54, 1.807) is 12.1 Å². The van der Waals surface area contributed by atoms with E-state index in [9.17, 15) is 0 Å². The lowest BCUT2D eigenvalue weighted by Gasteiger charge is -2.16. The van der Waals surface area contributed by atoms with Crippen molar-refractivity contribution in [1.82, 2.24) is 19.1 Å². The summed E-state index contributed by atoms with van der Waals surface area (Å²) >= 11 is 0. The first-order valence-electron chi connectivity index (χ1n) is 20.5. The van der Waals surface area contributed by atoms with Crippen molar-refractivity contribution in [2.45, 2.75) is 0 Å². The molecule has 0 saturated heterocycles. The van der Waals surface area contributed by atoms with Crippen LogP contribution in [0.4, 0.5) is 0 Å². The Morgan fingerprint density at radius 1 is 0.413 bits per heavy atom. The van der Waals surface area contributed by atoms with E-state index in [2.05, 4.69) is 33.4 Å². The first kappa shape index (κ1) is 37.4. The monoisotopic (exact) mass is 788 g/mol. The van der Waals surface area contributed by atoms with Gasteiger partial charge in [0.2, 0.25) is 0 Å². The molecule has 0 saturated carbocycles. The van der Waals surface area contributed by atoms with Gasteiger partial charge in [0.05, 0.1) is 28.1 Å². The van der Waals surface area contributed by atoms with Crippen molar-refractivity contribution in [2.24, 2.45) is 0 Å². The van der Waals surface area contributed by atoms with E-state index in [1.807, 2.05) is 121 Å². The summed E-state index contributed by atoms with van der Waals surface area (Å²) in [5.74, 6) is 0.609. The molecule has 12 aromatic rings. The zero-order chi connectivity index (χ0) is 42.7. The second kappa shape index (κ2) is 14.1. The minimum Gasteiger partial charge on any atom is -0.453 e. The third-order valence-electron chi connectivity index (χ3n) is 12.1. The predicted octanol–water partition coefficient (Wildman–Crippen LogP) is 6.33. The topological polar surface area (TPSA) is 48.8 Å². The van der Waals surface area contributed by atoms with Crippen molar-refractivity contribution < 1.29 is 4.42 Å². The van der Waals surface area contributed by atoms with Crippen LogP contribution in [0.25, 0.3) is 111 Å². The summed E-state index contributed by atoms with van der Waals surface area (Å²) in [7, 11) is 41.3. The normalized spacial score (nSPS) is 11.9. The molecule has 0 unspecified atom stereocenters. The van der Waals surface area contributed by atoms with E-state index in [0.717, 1.165) is 77.5 Å². The molecule has 4 heterocycles. The lowest BCUT2D eigenvalue weighted by Crippen LogP contribution is -2.27. The molecule has 0 spiro atoms. The van der Waals surface area contributed by atoms with E-state index in [-0.39, 0.29) is 0 Å². The molecule has 63 heavy (non-hydrogen) atoms. The molecule has 278 valence electrons. The molecule has 8 aromatic carbocycles. The Bertz CT molecular complexity index is 3800. The molecule has 11 heteroatoms. The van der Waals surface area contributed by atoms with Crippen LogP contribution in [0.5, 0.6) is 0 Å². The Hall–Kier alpha value is -7.37. The van der Waals surface area contributed by atoms with Crippen LogP contribution in [0.3, 0.4) is 0 Å². The quantitative estimate of drug-likeness (QED) is 0.192. The number of hydrogen-bond acceptors (Lipinski definition) is 3. The summed E-state index contributed by atoms with van der Waals surface area (Å²) in [6, 6.07) is 51.8. The van der Waals surface area contributed by atoms with Crippen molar-refractivity contribution in [3.05, 3.63) is 158 Å². The van der Waals surface area contributed by atoms with Gasteiger partial charge >= 0.3 is 0 Å². The Morgan fingerprint density at radius 3 is 1.57 bits per heavy atom. The summed E-state index contributed by atoms with van der Waals surface area (Å²) in [6.07, 6.45) is 0. The smallest absolute Gasteiger partial charge is 0.160 e. The number of furan rings is 1. The van der Waals surface area contributed by atoms with Crippen LogP contribution in [0.2, 0.25) is 0 Å². The molecular weight excluding hydrogens is 761 g/mol. The zero-order valence-corrected chi connectivity index (χ0v) is 33.7. The van der Waals surface area contributed by atoms with Crippen molar-refractivity contribution in [2.75, 3.05) is 0 Å². The molecule has 0 fully saturated rings. The van der Waals surface area contributed by atoms with Gasteiger partial charge in [0.15, 0.2) is 11.4 Å². The van der Waals surface area contributed by atoms with Gasteiger partial charge in [0, 0.05) is 65.7 Å². The van der Waals surface area contributed by atoms with Crippen LogP contribution < -0.4 is 32.8 Å². The summed E-state index contributed by atoms with van der Waals surface area (Å²) < 4.78 is 11.4. The van der Waals surface area contributed by atoms with Crippen LogP contribution in [0.1, 0.15) is 0 Å². The standard InChI is InChI=1S/C52H26B6N4O/c53-29-22-35-42-44(57)45(58)43-36-23-30(54)25-38(56)47(36)62(49(43)48(42)61(46(35)37(55)24-29)31-16-8-3-9-17-31)41-21-11-19-33-32-18-10-20-34(50(32)63-51(33)41)40-26-39(27-12-4-1-5-13-27)59-52(60-40)28-14-6-2-7-15-28/h1-26H. The van der Waals surface area contributed by atoms with Crippen molar-refractivity contribution in [1.29, 1.82) is 0 Å². The second-order valence-corrected chi connectivity index (χ2v) is 15.9. The SMILES string of the molecule is [B]c1cc([B])c2c(c1)c1c([B])c([B])c3c4cc([B])cc([B])c4n(-c4cccc5c4oc4c(-c6cc(-c7ccccc7)nc(-c7ccccc7)n6)cccc45)c3c1n2-c1ccccc1. The third-order valence-corrected chi connectivity index (χ3v) is 12.1. The van der Waals surface area contributed by atoms with Crippen LogP contribution >= 0.6 is 0 Å². The summed E-state index contributed by atoms with van der Waals surface area (Å²) in [5.41, 5.74) is 12.8. The highest BCUT2D eigenvalue weighted by Gasteiger charge is 2.28. The summed E-state index contributed by atoms with van der Waals surface area (Å²) in [6.45, 7) is 0. The Morgan fingerprint density at radius 2 is 0.937 bits per heavy atom. The maximum Gasteiger partial charge on any atom is 0.160 e. The van der Waals surface area contributed by atoms with Crippen molar-refractivity contribution in [3.63, 3.8) is 0 Å². The fourth-order valence-corrected chi connectivity index (χ4v) is 9.52. The van der Waals surface area contributed by atoms with Gasteiger partial charge in [-0.15, -0.1) is 0 Å². The van der Waals surface area contributed by atoms with E-state index in [4.69, 9.17) is 61.5 Å². The van der Waals surface area contributed by atoms with E-state index in [0.29, 0.717) is 66.1 Å². The molecule has 0 atom stereocenters. The van der Waals surface area contributed by atoms with Gasteiger partial charge in [-0.25, -0.2) is 9.97 Å². The molecule has 0 aliphatic carbocycles. The van der Waals surface area contributed by atoms with Crippen molar-refractivity contribution >= 4 is 145 Å². The lowest BCUT2D eigenvalue weighted by atomic mass is 9.74. The minimum absolute atomic E-state index is 0.380. The fourth-order valence-electron chi connectivity index (χ4n) is 9.52. The number of rotatable bonds is 5. The first-order chi connectivity index (χ1) is 30.7. The van der Waals surface area contributed by atoms with Crippen molar-refractivity contribution in [3.8, 4) is 45.3 Å². The van der Waals surface area contributed by atoms with Gasteiger partial charge in [-0.3, -0.25) is 0 Å². The van der Waals surface area contributed by atoms with Crippen LogP contribution in [0, 0.1) is 0 Å². The lowest BCUT2D eigenvalue weighted by molar-refractivity contribution is 0.667. The van der Waals surface area contributed by atoms with E-state index >= 15 is 0 Å². The highest BCUT2D eigenvalue weighted by atomic mass is 16.3. The Balaban J connectivity index is 1.22. The maximum atomic E-state index is 7.20. The molecular formula is C52H26B6N4O. The van der Waals surface area contributed by atoms with Gasteiger partial charge < -0.3 is 13.6 Å². The zero-order valence-electron chi connectivity index (χ0n) is 33.7. The number of aromatic nitrogens is 4. The van der Waals surface area contributed by atoms with E-state index < -0.39 is 0 Å². The van der Waals surface area contributed by atoms with Crippen LogP contribution in [-0.4, -0.2) is 66.2 Å². The first-order valence-corrected chi connectivity index (χ1v) is 20.5. The molecule has 0 N–H and O–H groups in total. The average Bonchev–Trinajstić information content (AvgIpc) is 3.97. The van der Waals surface area contributed by atoms with Gasteiger partial charge in [-0.2, -0.15) is 0 Å². The number of hydrogen-bond donors (Lipinski definition) is 0. The minimum atomic E-state index is 0.380. The highest BCUT2D eigenvalue weighted by molar-refractivity contribution is 6.61. The number of fused-ring (bicyclic) bond motifs is 10. The molecule has 5 nitrogen and oxygen atoms in total. The molecule has 12 rings (SSSR count). The predicted molar refractivity (Wildman–Crippen MR) is 267 cm³/mol. The molecule has 12 radical (unpaired) electrons. The molecule has 0 amide bonds. The van der Waals surface area contributed by atoms with Gasteiger partial charge in [0.1, 0.15) is 52.7 Å². The third kappa shape index (κ3) is 5.58. The molecule has 4 aromatic heterocycles. The highest BCUT2D eigenvalue weighted by Crippen LogP contribution is 2.43. The summed E-state index contributed by atoms with van der Waals surface area (Å²) in [4.78, 5) is 10.2. The second-order valence-electron chi connectivity index (χ2n) is 15.9. The van der Waals surface area contributed by atoms with E-state index in [1.165, 1.54) is 0 Å². The Labute approximate surface area is 370 Å². The molecule has 0 aliphatic rings. The molecule has 0 bridgehead atoms. The largest absolute Gasteiger partial charge is 0.453 e. The van der Waals surface area contributed by atoms with Gasteiger partial charge in [-0.05, 0) is 30.3 Å². The fraction of sp³-hybridized carbons (Fsp3) is 0. The van der Waals surface area contributed by atoms with Crippen LogP contribution in [-0.2, 0) is 0 Å². The molecule has 0 aliphatic heterocycles. The maximum absolute atomic E-state index is 7.20.